The first kappa shape index (κ1) is 9.81. The van der Waals surface area contributed by atoms with Gasteiger partial charge < -0.3 is 5.32 Å². The van der Waals surface area contributed by atoms with Crippen molar-refractivity contribution in [2.75, 3.05) is 5.32 Å². The zero-order valence-electron chi connectivity index (χ0n) is 7.25. The van der Waals surface area contributed by atoms with Crippen LogP contribution in [0.3, 0.4) is 0 Å². The molecule has 1 aromatic carbocycles. The fraction of sp³-hybridized carbons (Fsp3) is 0.100. The van der Waals surface area contributed by atoms with Gasteiger partial charge in [0, 0.05) is 16.9 Å². The summed E-state index contributed by atoms with van der Waals surface area (Å²) in [5.41, 5.74) is 0.866. The average Bonchev–Trinajstić information content (AvgIpc) is 2.03. The quantitative estimate of drug-likeness (QED) is 0.752. The molecule has 0 aliphatic rings. The fourth-order valence-corrected chi connectivity index (χ4v) is 1.02. The van der Waals surface area contributed by atoms with Gasteiger partial charge in [-0.2, -0.15) is 0 Å². The van der Waals surface area contributed by atoms with E-state index in [9.17, 15) is 4.79 Å². The molecule has 0 heterocycles. The highest BCUT2D eigenvalue weighted by molar-refractivity contribution is 6.30. The number of anilines is 1. The van der Waals surface area contributed by atoms with Crippen molar-refractivity contribution < 1.29 is 4.79 Å². The maximum absolute atomic E-state index is 10.5. The third-order valence-corrected chi connectivity index (χ3v) is 1.63. The summed E-state index contributed by atoms with van der Waals surface area (Å²) >= 11 is 5.76. The van der Waals surface area contributed by atoms with Gasteiger partial charge in [-0.05, 0) is 31.2 Å². The Labute approximate surface area is 82.2 Å². The molecule has 0 radical (unpaired) electrons. The van der Waals surface area contributed by atoms with Crippen LogP contribution in [0.15, 0.2) is 36.5 Å². The molecule has 0 spiro atoms. The van der Waals surface area contributed by atoms with E-state index in [1.807, 2.05) is 12.1 Å². The monoisotopic (exact) mass is 195 g/mol. The minimum atomic E-state index is 0.00882. The highest BCUT2D eigenvalue weighted by Crippen LogP contribution is 2.14. The minimum Gasteiger partial charge on any atom is -0.362 e. The molecule has 2 nitrogen and oxygen atoms in total. The second-order valence-corrected chi connectivity index (χ2v) is 3.04. The summed E-state index contributed by atoms with van der Waals surface area (Å²) in [5.74, 6) is 0.00882. The molecule has 1 rings (SSSR count). The van der Waals surface area contributed by atoms with Crippen molar-refractivity contribution in [3.63, 3.8) is 0 Å². The molecule has 1 N–H and O–H groups in total. The first-order valence-corrected chi connectivity index (χ1v) is 4.25. The largest absolute Gasteiger partial charge is 0.362 e. The van der Waals surface area contributed by atoms with Gasteiger partial charge in [-0.15, -0.1) is 0 Å². The number of halogens is 1. The van der Waals surface area contributed by atoms with Crippen molar-refractivity contribution >= 4 is 23.1 Å². The second kappa shape index (κ2) is 4.67. The number of nitrogens with one attached hydrogen (secondary N) is 1. The van der Waals surface area contributed by atoms with Gasteiger partial charge in [0.2, 0.25) is 0 Å². The number of hydrogen-bond acceptors (Lipinski definition) is 2. The number of carbonyl (C=O) groups is 1. The summed E-state index contributed by atoms with van der Waals surface area (Å²) in [6.07, 6.45) is 3.05. The first-order valence-electron chi connectivity index (χ1n) is 3.88. The van der Waals surface area contributed by atoms with Crippen LogP contribution >= 0.6 is 11.6 Å². The molecule has 0 unspecified atom stereocenters. The topological polar surface area (TPSA) is 29.1 Å². The van der Waals surface area contributed by atoms with Crippen LogP contribution in [0.4, 0.5) is 5.69 Å². The second-order valence-electron chi connectivity index (χ2n) is 2.60. The van der Waals surface area contributed by atoms with E-state index < -0.39 is 0 Å². The molecule has 0 fully saturated rings. The van der Waals surface area contributed by atoms with Crippen LogP contribution in [-0.2, 0) is 4.79 Å². The number of benzene rings is 1. The van der Waals surface area contributed by atoms with Gasteiger partial charge in [0.15, 0.2) is 5.78 Å². The third-order valence-electron chi connectivity index (χ3n) is 1.39. The number of ketones is 1. The lowest BCUT2D eigenvalue weighted by atomic mass is 10.3. The Morgan fingerprint density at radius 2 is 2.31 bits per heavy atom. The predicted octanol–water partition coefficient (Wildman–Crippen LogP) is 2.85. The van der Waals surface area contributed by atoms with Crippen LogP contribution in [0.25, 0.3) is 0 Å². The van der Waals surface area contributed by atoms with Crippen LogP contribution in [0.2, 0.25) is 5.02 Å². The molecular formula is C10H10ClNO. The van der Waals surface area contributed by atoms with E-state index in [1.54, 1.807) is 18.3 Å². The van der Waals surface area contributed by atoms with Crippen molar-refractivity contribution in [2.45, 2.75) is 6.92 Å². The molecule has 0 saturated carbocycles. The lowest BCUT2D eigenvalue weighted by molar-refractivity contribution is -0.112. The summed E-state index contributed by atoms with van der Waals surface area (Å²) in [5, 5.41) is 3.60. The van der Waals surface area contributed by atoms with E-state index >= 15 is 0 Å². The van der Waals surface area contributed by atoms with Gasteiger partial charge in [-0.25, -0.2) is 0 Å². The SMILES string of the molecule is CC(=O)/C=C/Nc1cccc(Cl)c1. The van der Waals surface area contributed by atoms with E-state index in [2.05, 4.69) is 5.32 Å². The average molecular weight is 196 g/mol. The summed E-state index contributed by atoms with van der Waals surface area (Å²) in [7, 11) is 0. The van der Waals surface area contributed by atoms with Crippen molar-refractivity contribution in [1.82, 2.24) is 0 Å². The molecule has 1 aromatic rings. The van der Waals surface area contributed by atoms with Gasteiger partial charge in [-0.1, -0.05) is 17.7 Å². The maximum Gasteiger partial charge on any atom is 0.154 e. The fourth-order valence-electron chi connectivity index (χ4n) is 0.834. The van der Waals surface area contributed by atoms with Gasteiger partial charge >= 0.3 is 0 Å². The van der Waals surface area contributed by atoms with Crippen LogP contribution in [0.5, 0.6) is 0 Å². The van der Waals surface area contributed by atoms with Crippen LogP contribution < -0.4 is 5.32 Å². The predicted molar refractivity (Wildman–Crippen MR) is 54.9 cm³/mol. The van der Waals surface area contributed by atoms with Gasteiger partial charge in [-0.3, -0.25) is 4.79 Å². The number of hydrogen-bond donors (Lipinski definition) is 1. The molecule has 13 heavy (non-hydrogen) atoms. The maximum atomic E-state index is 10.5. The Balaban J connectivity index is 2.59. The smallest absolute Gasteiger partial charge is 0.154 e. The Morgan fingerprint density at radius 3 is 2.92 bits per heavy atom. The van der Waals surface area contributed by atoms with Crippen molar-refractivity contribution in [2.24, 2.45) is 0 Å². The molecule has 0 aliphatic carbocycles. The van der Waals surface area contributed by atoms with Crippen molar-refractivity contribution in [3.05, 3.63) is 41.6 Å². The zero-order valence-corrected chi connectivity index (χ0v) is 8.01. The lowest BCUT2D eigenvalue weighted by Crippen LogP contribution is -1.89. The van der Waals surface area contributed by atoms with Gasteiger partial charge in [0.05, 0.1) is 0 Å². The molecule has 0 amide bonds. The Kier molecular flexibility index (Phi) is 3.53. The normalized spacial score (nSPS) is 10.3. The van der Waals surface area contributed by atoms with E-state index in [1.165, 1.54) is 13.0 Å². The van der Waals surface area contributed by atoms with Gasteiger partial charge in [0.25, 0.3) is 0 Å². The zero-order chi connectivity index (χ0) is 9.68. The molecule has 0 saturated heterocycles. The Bertz CT molecular complexity index is 333. The van der Waals surface area contributed by atoms with E-state index in [0.29, 0.717) is 5.02 Å². The number of carbonyl (C=O) groups excluding carboxylic acids is 1. The molecule has 0 aliphatic heterocycles. The van der Waals surface area contributed by atoms with E-state index in [0.717, 1.165) is 5.69 Å². The first-order chi connectivity index (χ1) is 6.18. The Morgan fingerprint density at radius 1 is 1.54 bits per heavy atom. The summed E-state index contributed by atoms with van der Waals surface area (Å²) in [4.78, 5) is 10.5. The van der Waals surface area contributed by atoms with Crippen LogP contribution in [0, 0.1) is 0 Å². The third kappa shape index (κ3) is 3.76. The van der Waals surface area contributed by atoms with Crippen LogP contribution in [-0.4, -0.2) is 5.78 Å². The number of rotatable bonds is 3. The van der Waals surface area contributed by atoms with E-state index in [-0.39, 0.29) is 5.78 Å². The molecule has 0 aromatic heterocycles. The summed E-state index contributed by atoms with van der Waals surface area (Å²) in [6, 6.07) is 7.29. The highest BCUT2D eigenvalue weighted by atomic mass is 35.5. The highest BCUT2D eigenvalue weighted by Gasteiger charge is 1.89. The molecule has 0 bridgehead atoms. The molecular weight excluding hydrogens is 186 g/mol. The van der Waals surface area contributed by atoms with E-state index in [4.69, 9.17) is 11.6 Å². The lowest BCUT2D eigenvalue weighted by Gasteiger charge is -1.99. The molecule has 68 valence electrons. The minimum absolute atomic E-state index is 0.00882. The summed E-state index contributed by atoms with van der Waals surface area (Å²) < 4.78 is 0. The van der Waals surface area contributed by atoms with Crippen molar-refractivity contribution in [1.29, 1.82) is 0 Å². The van der Waals surface area contributed by atoms with Crippen LogP contribution in [0.1, 0.15) is 6.92 Å². The molecule has 0 atom stereocenters. The van der Waals surface area contributed by atoms with Crippen molar-refractivity contribution in [3.8, 4) is 0 Å². The van der Waals surface area contributed by atoms with Gasteiger partial charge in [0.1, 0.15) is 0 Å². The molecule has 3 heteroatoms. The standard InChI is InChI=1S/C10H10ClNO/c1-8(13)5-6-12-10-4-2-3-9(11)7-10/h2-7,12H,1H3/b6-5+. The Hall–Kier alpha value is -1.28. The summed E-state index contributed by atoms with van der Waals surface area (Å²) in [6.45, 7) is 1.50. The number of allylic oxidation sites excluding steroid dienone is 1.